The Bertz CT molecular complexity index is 654. The zero-order chi connectivity index (χ0) is 14.8. The van der Waals surface area contributed by atoms with Gasteiger partial charge in [0.15, 0.2) is 0 Å². The average Bonchev–Trinajstić information content (AvgIpc) is 2.65. The Morgan fingerprint density at radius 3 is 2.71 bits per heavy atom. The largest absolute Gasteiger partial charge is 0.488 e. The summed E-state index contributed by atoms with van der Waals surface area (Å²) in [7, 11) is 0. The van der Waals surface area contributed by atoms with E-state index in [0.717, 1.165) is 17.8 Å². The standard InChI is InChI=1S/C17H17NO3/c1-12-10-18(15-5-3-2-4-6-15)11-14-8-7-13(17(19)20)9-16(14)21-12/h2-9,12H,10-11H2,1H3,(H,19,20)/t12-/m0/s1. The van der Waals surface area contributed by atoms with Crippen molar-refractivity contribution in [3.05, 3.63) is 59.7 Å². The Morgan fingerprint density at radius 2 is 2.00 bits per heavy atom. The lowest BCUT2D eigenvalue weighted by atomic mass is 10.1. The first kappa shape index (κ1) is 13.5. The van der Waals surface area contributed by atoms with Crippen molar-refractivity contribution in [2.24, 2.45) is 0 Å². The highest BCUT2D eigenvalue weighted by atomic mass is 16.5. The molecule has 1 aliphatic rings. The Hall–Kier alpha value is -2.49. The van der Waals surface area contributed by atoms with E-state index in [1.54, 1.807) is 12.1 Å². The molecule has 0 amide bonds. The fourth-order valence-corrected chi connectivity index (χ4v) is 2.60. The minimum Gasteiger partial charge on any atom is -0.488 e. The van der Waals surface area contributed by atoms with E-state index in [1.807, 2.05) is 31.2 Å². The molecule has 0 saturated heterocycles. The van der Waals surface area contributed by atoms with Crippen molar-refractivity contribution in [1.29, 1.82) is 0 Å². The molecule has 4 nitrogen and oxygen atoms in total. The minimum absolute atomic E-state index is 0.00417. The number of benzene rings is 2. The summed E-state index contributed by atoms with van der Waals surface area (Å²) in [6.45, 7) is 3.48. The van der Waals surface area contributed by atoms with Gasteiger partial charge in [-0.2, -0.15) is 0 Å². The number of fused-ring (bicyclic) bond motifs is 1. The predicted molar refractivity (Wildman–Crippen MR) is 81.0 cm³/mol. The summed E-state index contributed by atoms with van der Waals surface area (Å²) in [6, 6.07) is 15.3. The molecule has 108 valence electrons. The molecule has 1 atom stereocenters. The van der Waals surface area contributed by atoms with E-state index in [1.165, 1.54) is 0 Å². The van der Waals surface area contributed by atoms with Crippen LogP contribution >= 0.6 is 0 Å². The molecular weight excluding hydrogens is 266 g/mol. The lowest BCUT2D eigenvalue weighted by Gasteiger charge is -2.24. The molecule has 1 aliphatic heterocycles. The summed E-state index contributed by atoms with van der Waals surface area (Å²) in [5, 5.41) is 9.09. The van der Waals surface area contributed by atoms with Crippen LogP contribution < -0.4 is 9.64 Å². The Labute approximate surface area is 123 Å². The van der Waals surface area contributed by atoms with Gasteiger partial charge in [0.1, 0.15) is 11.9 Å². The molecule has 0 unspecified atom stereocenters. The first-order chi connectivity index (χ1) is 10.1. The highest BCUT2D eigenvalue weighted by molar-refractivity contribution is 5.88. The van der Waals surface area contributed by atoms with Gasteiger partial charge in [-0.25, -0.2) is 4.79 Å². The van der Waals surface area contributed by atoms with Gasteiger partial charge in [-0.15, -0.1) is 0 Å². The van der Waals surface area contributed by atoms with E-state index in [9.17, 15) is 4.79 Å². The first-order valence-electron chi connectivity index (χ1n) is 6.96. The zero-order valence-corrected chi connectivity index (χ0v) is 11.8. The van der Waals surface area contributed by atoms with Crippen molar-refractivity contribution in [2.45, 2.75) is 19.6 Å². The van der Waals surface area contributed by atoms with Gasteiger partial charge in [-0.1, -0.05) is 24.3 Å². The highest BCUT2D eigenvalue weighted by Crippen LogP contribution is 2.29. The van der Waals surface area contributed by atoms with E-state index in [4.69, 9.17) is 9.84 Å². The van der Waals surface area contributed by atoms with Gasteiger partial charge in [-0.05, 0) is 31.2 Å². The van der Waals surface area contributed by atoms with Crippen molar-refractivity contribution in [1.82, 2.24) is 0 Å². The summed E-state index contributed by atoms with van der Waals surface area (Å²) in [4.78, 5) is 13.3. The quantitative estimate of drug-likeness (QED) is 0.919. The number of carboxylic acid groups (broad SMARTS) is 1. The lowest BCUT2D eigenvalue weighted by Crippen LogP contribution is -2.30. The fraction of sp³-hybridized carbons (Fsp3) is 0.235. The molecule has 4 heteroatoms. The lowest BCUT2D eigenvalue weighted by molar-refractivity contribution is 0.0696. The van der Waals surface area contributed by atoms with Gasteiger partial charge in [0, 0.05) is 17.8 Å². The van der Waals surface area contributed by atoms with E-state index in [2.05, 4.69) is 17.0 Å². The predicted octanol–water partition coefficient (Wildman–Crippen LogP) is 3.17. The van der Waals surface area contributed by atoms with Gasteiger partial charge in [0.05, 0.1) is 12.1 Å². The van der Waals surface area contributed by atoms with Crippen molar-refractivity contribution in [2.75, 3.05) is 11.4 Å². The second-order valence-corrected chi connectivity index (χ2v) is 5.27. The van der Waals surface area contributed by atoms with E-state index in [-0.39, 0.29) is 11.7 Å². The smallest absolute Gasteiger partial charge is 0.335 e. The topological polar surface area (TPSA) is 49.8 Å². The number of rotatable bonds is 2. The van der Waals surface area contributed by atoms with Crippen LogP contribution in [-0.2, 0) is 6.54 Å². The normalized spacial score (nSPS) is 17.6. The summed E-state index contributed by atoms with van der Waals surface area (Å²) in [5.74, 6) is -0.265. The molecule has 0 spiro atoms. The van der Waals surface area contributed by atoms with Crippen LogP contribution in [0.5, 0.6) is 5.75 Å². The summed E-state index contributed by atoms with van der Waals surface area (Å²) >= 11 is 0. The number of para-hydroxylation sites is 1. The molecule has 0 aromatic heterocycles. The molecule has 2 aromatic rings. The van der Waals surface area contributed by atoms with Crippen molar-refractivity contribution in [3.8, 4) is 5.75 Å². The van der Waals surface area contributed by atoms with E-state index in [0.29, 0.717) is 12.3 Å². The number of hydrogen-bond acceptors (Lipinski definition) is 3. The third kappa shape index (κ3) is 2.84. The second kappa shape index (κ2) is 5.48. The van der Waals surface area contributed by atoms with Crippen LogP contribution in [0.15, 0.2) is 48.5 Å². The Kier molecular flexibility index (Phi) is 3.52. The molecule has 2 aromatic carbocycles. The van der Waals surface area contributed by atoms with Crippen LogP contribution in [0.3, 0.4) is 0 Å². The number of carboxylic acids is 1. The van der Waals surface area contributed by atoms with Crippen LogP contribution in [0.25, 0.3) is 0 Å². The highest BCUT2D eigenvalue weighted by Gasteiger charge is 2.21. The van der Waals surface area contributed by atoms with Crippen LogP contribution in [0.2, 0.25) is 0 Å². The Morgan fingerprint density at radius 1 is 1.24 bits per heavy atom. The van der Waals surface area contributed by atoms with E-state index < -0.39 is 5.97 Å². The summed E-state index contributed by atoms with van der Waals surface area (Å²) in [5.41, 5.74) is 2.41. The minimum atomic E-state index is -0.932. The van der Waals surface area contributed by atoms with Gasteiger partial charge >= 0.3 is 5.97 Å². The van der Waals surface area contributed by atoms with Crippen LogP contribution in [0.1, 0.15) is 22.8 Å². The monoisotopic (exact) mass is 283 g/mol. The number of aromatic carboxylic acids is 1. The molecule has 0 saturated carbocycles. The van der Waals surface area contributed by atoms with Gasteiger partial charge in [0.25, 0.3) is 0 Å². The third-order valence-corrected chi connectivity index (χ3v) is 3.60. The number of ether oxygens (including phenoxy) is 1. The SMILES string of the molecule is C[C@H]1CN(c2ccccc2)Cc2ccc(C(=O)O)cc2O1. The number of anilines is 1. The molecule has 1 N–H and O–H groups in total. The van der Waals surface area contributed by atoms with Crippen LogP contribution in [0.4, 0.5) is 5.69 Å². The average molecular weight is 283 g/mol. The van der Waals surface area contributed by atoms with Crippen molar-refractivity contribution >= 4 is 11.7 Å². The fourth-order valence-electron chi connectivity index (χ4n) is 2.60. The molecule has 21 heavy (non-hydrogen) atoms. The summed E-state index contributed by atoms with van der Waals surface area (Å²) < 4.78 is 5.89. The molecule has 0 radical (unpaired) electrons. The molecule has 0 aliphatic carbocycles. The number of carbonyl (C=O) groups is 1. The maximum Gasteiger partial charge on any atom is 0.335 e. The van der Waals surface area contributed by atoms with Crippen molar-refractivity contribution in [3.63, 3.8) is 0 Å². The third-order valence-electron chi connectivity index (χ3n) is 3.60. The second-order valence-electron chi connectivity index (χ2n) is 5.27. The van der Waals surface area contributed by atoms with Crippen LogP contribution in [0, 0.1) is 0 Å². The van der Waals surface area contributed by atoms with Gasteiger partial charge in [-0.3, -0.25) is 0 Å². The maximum atomic E-state index is 11.1. The van der Waals surface area contributed by atoms with Gasteiger partial charge in [0.2, 0.25) is 0 Å². The first-order valence-corrected chi connectivity index (χ1v) is 6.96. The zero-order valence-electron chi connectivity index (χ0n) is 11.8. The van der Waals surface area contributed by atoms with Crippen molar-refractivity contribution < 1.29 is 14.6 Å². The van der Waals surface area contributed by atoms with Gasteiger partial charge < -0.3 is 14.7 Å². The molecule has 1 heterocycles. The maximum absolute atomic E-state index is 11.1. The summed E-state index contributed by atoms with van der Waals surface area (Å²) in [6.07, 6.45) is -0.00417. The van der Waals surface area contributed by atoms with E-state index >= 15 is 0 Å². The van der Waals surface area contributed by atoms with Crippen LogP contribution in [-0.4, -0.2) is 23.7 Å². The number of hydrogen-bond donors (Lipinski definition) is 1. The molecular formula is C17H17NO3. The molecule has 3 rings (SSSR count). The molecule has 0 bridgehead atoms. The molecule has 0 fully saturated rings. The Balaban J connectivity index is 1.95. The number of nitrogens with zero attached hydrogens (tertiary/aromatic N) is 1.